The van der Waals surface area contributed by atoms with E-state index in [0.717, 1.165) is 6.54 Å². The van der Waals surface area contributed by atoms with Gasteiger partial charge in [-0.3, -0.25) is 4.79 Å². The molecule has 0 aliphatic carbocycles. The molecule has 0 bridgehead atoms. The number of hydrogen-bond acceptors (Lipinski definition) is 2. The number of carbonyl (C=O) groups is 1. The Hall–Kier alpha value is -0.180. The summed E-state index contributed by atoms with van der Waals surface area (Å²) in [6.07, 6.45) is 0. The average Bonchev–Trinajstić information content (AvgIpc) is 1.98. The van der Waals surface area contributed by atoms with Crippen LogP contribution in [-0.2, 0) is 4.79 Å². The molecule has 0 spiro atoms. The molecule has 0 aromatic heterocycles. The minimum Gasteiger partial charge on any atom is -0.344 e. The van der Waals surface area contributed by atoms with Crippen LogP contribution in [-0.4, -0.2) is 29.6 Å². The predicted octanol–water partition coefficient (Wildman–Crippen LogP) is 0.393. The van der Waals surface area contributed by atoms with Crippen molar-refractivity contribution < 1.29 is 4.79 Å². The second-order valence-corrected chi connectivity index (χ2v) is 3.24. The second-order valence-electron chi connectivity index (χ2n) is 2.57. The van der Waals surface area contributed by atoms with Gasteiger partial charge in [0.2, 0.25) is 5.91 Å². The van der Waals surface area contributed by atoms with Crippen molar-refractivity contribution in [2.24, 2.45) is 5.92 Å². The maximum atomic E-state index is 11.0. The smallest absolute Gasteiger partial charge is 0.226 e. The van der Waals surface area contributed by atoms with Crippen molar-refractivity contribution in [2.45, 2.75) is 12.2 Å². The SMILES string of the molecule is CC1C(=O)N(C)CC1S. The number of hydrogen-bond donors (Lipinski definition) is 1. The molecule has 2 nitrogen and oxygen atoms in total. The summed E-state index contributed by atoms with van der Waals surface area (Å²) >= 11 is 4.24. The lowest BCUT2D eigenvalue weighted by molar-refractivity contribution is -0.129. The maximum absolute atomic E-state index is 11.0. The summed E-state index contributed by atoms with van der Waals surface area (Å²) in [7, 11) is 1.81. The minimum atomic E-state index is 0.110. The highest BCUT2D eigenvalue weighted by Crippen LogP contribution is 2.20. The lowest BCUT2D eigenvalue weighted by Crippen LogP contribution is -2.21. The Kier molecular flexibility index (Phi) is 1.70. The zero-order chi connectivity index (χ0) is 7.02. The van der Waals surface area contributed by atoms with Gasteiger partial charge in [-0.15, -0.1) is 0 Å². The van der Waals surface area contributed by atoms with Crippen molar-refractivity contribution in [3.05, 3.63) is 0 Å². The van der Waals surface area contributed by atoms with Crippen LogP contribution >= 0.6 is 12.6 Å². The van der Waals surface area contributed by atoms with E-state index in [9.17, 15) is 4.79 Å². The van der Waals surface area contributed by atoms with Crippen LogP contribution in [0.4, 0.5) is 0 Å². The van der Waals surface area contributed by atoms with Gasteiger partial charge in [-0.1, -0.05) is 6.92 Å². The molecule has 0 aromatic rings. The standard InChI is InChI=1S/C6H11NOS/c1-4-5(9)3-7(2)6(4)8/h4-5,9H,3H2,1-2H3. The quantitative estimate of drug-likeness (QED) is 0.489. The first kappa shape index (κ1) is 6.93. The fraction of sp³-hybridized carbons (Fsp3) is 0.833. The van der Waals surface area contributed by atoms with Crippen molar-refractivity contribution in [2.75, 3.05) is 13.6 Å². The van der Waals surface area contributed by atoms with Crippen LogP contribution < -0.4 is 0 Å². The zero-order valence-electron chi connectivity index (χ0n) is 5.66. The molecule has 1 amide bonds. The van der Waals surface area contributed by atoms with E-state index in [1.165, 1.54) is 0 Å². The number of likely N-dealkylation sites (tertiary alicyclic amines) is 1. The van der Waals surface area contributed by atoms with Gasteiger partial charge < -0.3 is 4.90 Å². The van der Waals surface area contributed by atoms with E-state index in [1.54, 1.807) is 4.90 Å². The third kappa shape index (κ3) is 1.06. The monoisotopic (exact) mass is 145 g/mol. The third-order valence-corrected chi connectivity index (χ3v) is 2.41. The molecule has 2 unspecified atom stereocenters. The van der Waals surface area contributed by atoms with Gasteiger partial charge in [0, 0.05) is 24.8 Å². The molecule has 1 heterocycles. The Morgan fingerprint density at radius 1 is 1.78 bits per heavy atom. The van der Waals surface area contributed by atoms with E-state index in [0.29, 0.717) is 0 Å². The Balaban J connectivity index is 2.65. The first-order valence-electron chi connectivity index (χ1n) is 3.06. The Morgan fingerprint density at radius 2 is 2.33 bits per heavy atom. The molecule has 0 N–H and O–H groups in total. The van der Waals surface area contributed by atoms with Gasteiger partial charge in [0.15, 0.2) is 0 Å². The van der Waals surface area contributed by atoms with Crippen LogP contribution in [0.2, 0.25) is 0 Å². The van der Waals surface area contributed by atoms with E-state index in [4.69, 9.17) is 0 Å². The number of rotatable bonds is 0. The first-order chi connectivity index (χ1) is 4.13. The molecule has 0 radical (unpaired) electrons. The van der Waals surface area contributed by atoms with Crippen LogP contribution in [0.3, 0.4) is 0 Å². The summed E-state index contributed by atoms with van der Waals surface area (Å²) < 4.78 is 0. The van der Waals surface area contributed by atoms with Crippen molar-refractivity contribution in [3.63, 3.8) is 0 Å². The molecule has 1 rings (SSSR count). The normalized spacial score (nSPS) is 35.9. The fourth-order valence-corrected chi connectivity index (χ4v) is 1.41. The minimum absolute atomic E-state index is 0.110. The summed E-state index contributed by atoms with van der Waals surface area (Å²) in [6.45, 7) is 2.71. The fourth-order valence-electron chi connectivity index (χ4n) is 1.04. The highest BCUT2D eigenvalue weighted by atomic mass is 32.1. The van der Waals surface area contributed by atoms with E-state index in [-0.39, 0.29) is 17.1 Å². The second kappa shape index (κ2) is 2.21. The molecular formula is C6H11NOS. The zero-order valence-corrected chi connectivity index (χ0v) is 6.56. The highest BCUT2D eigenvalue weighted by Gasteiger charge is 2.32. The van der Waals surface area contributed by atoms with Gasteiger partial charge in [0.25, 0.3) is 0 Å². The number of nitrogens with zero attached hydrogens (tertiary/aromatic N) is 1. The van der Waals surface area contributed by atoms with Crippen molar-refractivity contribution in [1.82, 2.24) is 4.90 Å². The first-order valence-corrected chi connectivity index (χ1v) is 3.57. The molecule has 1 fully saturated rings. The van der Waals surface area contributed by atoms with Gasteiger partial charge in [0.05, 0.1) is 0 Å². The number of carbonyl (C=O) groups excluding carboxylic acids is 1. The molecule has 52 valence electrons. The Bertz CT molecular complexity index is 137. The Labute approximate surface area is 60.6 Å². The number of amides is 1. The third-order valence-electron chi connectivity index (χ3n) is 1.80. The topological polar surface area (TPSA) is 20.3 Å². The van der Waals surface area contributed by atoms with Crippen LogP contribution in [0.5, 0.6) is 0 Å². The molecule has 3 heteroatoms. The van der Waals surface area contributed by atoms with Crippen LogP contribution in [0.1, 0.15) is 6.92 Å². The largest absolute Gasteiger partial charge is 0.344 e. The molecular weight excluding hydrogens is 134 g/mol. The summed E-state index contributed by atoms with van der Waals surface area (Å²) in [6, 6.07) is 0. The predicted molar refractivity (Wildman–Crippen MR) is 39.6 cm³/mol. The van der Waals surface area contributed by atoms with Crippen LogP contribution in [0.15, 0.2) is 0 Å². The van der Waals surface area contributed by atoms with Gasteiger partial charge >= 0.3 is 0 Å². The van der Waals surface area contributed by atoms with Crippen molar-refractivity contribution in [1.29, 1.82) is 0 Å². The lowest BCUT2D eigenvalue weighted by atomic mass is 10.1. The molecule has 9 heavy (non-hydrogen) atoms. The van der Waals surface area contributed by atoms with E-state index in [2.05, 4.69) is 12.6 Å². The van der Waals surface area contributed by atoms with Crippen LogP contribution in [0, 0.1) is 5.92 Å². The average molecular weight is 145 g/mol. The summed E-state index contributed by atoms with van der Waals surface area (Å²) in [5.41, 5.74) is 0. The summed E-state index contributed by atoms with van der Waals surface area (Å²) in [4.78, 5) is 12.7. The van der Waals surface area contributed by atoms with Gasteiger partial charge in [-0.2, -0.15) is 12.6 Å². The van der Waals surface area contributed by atoms with E-state index in [1.807, 2.05) is 14.0 Å². The highest BCUT2D eigenvalue weighted by molar-refractivity contribution is 7.81. The van der Waals surface area contributed by atoms with E-state index < -0.39 is 0 Å². The van der Waals surface area contributed by atoms with Crippen molar-refractivity contribution >= 4 is 18.5 Å². The lowest BCUT2D eigenvalue weighted by Gasteiger charge is -2.05. The van der Waals surface area contributed by atoms with Gasteiger partial charge in [0.1, 0.15) is 0 Å². The van der Waals surface area contributed by atoms with Gasteiger partial charge in [-0.05, 0) is 0 Å². The van der Waals surface area contributed by atoms with Crippen molar-refractivity contribution in [3.8, 4) is 0 Å². The van der Waals surface area contributed by atoms with E-state index >= 15 is 0 Å². The van der Waals surface area contributed by atoms with Crippen LogP contribution in [0.25, 0.3) is 0 Å². The molecule has 1 aliphatic rings. The maximum Gasteiger partial charge on any atom is 0.226 e. The van der Waals surface area contributed by atoms with Gasteiger partial charge in [-0.25, -0.2) is 0 Å². The molecule has 1 saturated heterocycles. The summed E-state index contributed by atoms with van der Waals surface area (Å²) in [5.74, 6) is 0.327. The molecule has 2 atom stereocenters. The Morgan fingerprint density at radius 3 is 2.44 bits per heavy atom. The molecule has 1 aliphatic heterocycles. The molecule has 0 aromatic carbocycles. The molecule has 0 saturated carbocycles. The summed E-state index contributed by atoms with van der Waals surface area (Å²) in [5, 5.41) is 0.238. The number of thiol groups is 1.